The Morgan fingerprint density at radius 3 is 2.32 bits per heavy atom. The summed E-state index contributed by atoms with van der Waals surface area (Å²) in [6, 6.07) is 16.7. The SMILES string of the molecule is O=C(Nc1ccc(S(=O)(=O)Nc2cccc(Cl)c2)cc1)[C@@H]1CCCN(S(=O)(=O)Cc2ccc(Cl)c(Cl)c2)C1. The second-order valence-corrected chi connectivity index (χ2v) is 13.7. The van der Waals surface area contributed by atoms with Crippen LogP contribution in [0, 0.1) is 5.92 Å². The van der Waals surface area contributed by atoms with E-state index in [0.717, 1.165) is 0 Å². The standard InChI is InChI=1S/C25H24Cl3N3O5S2/c26-19-4-1-5-21(14-19)30-38(35,36)22-9-7-20(8-10-22)29-25(32)18-3-2-12-31(15-18)37(33,34)16-17-6-11-23(27)24(28)13-17/h1,4-11,13-14,18,30H,2-3,12,15-16H2,(H,29,32)/t18-/m1/s1. The van der Waals surface area contributed by atoms with Gasteiger partial charge in [0, 0.05) is 23.8 Å². The summed E-state index contributed by atoms with van der Waals surface area (Å²) in [6.45, 7) is 0.366. The van der Waals surface area contributed by atoms with Gasteiger partial charge in [0.2, 0.25) is 15.9 Å². The average Bonchev–Trinajstić information content (AvgIpc) is 2.86. The van der Waals surface area contributed by atoms with E-state index in [-0.39, 0.29) is 28.1 Å². The summed E-state index contributed by atoms with van der Waals surface area (Å²) in [4.78, 5) is 12.9. The third-order valence-corrected chi connectivity index (χ3v) is 10.2. The predicted molar refractivity (Wildman–Crippen MR) is 151 cm³/mol. The molecule has 4 rings (SSSR count). The highest BCUT2D eigenvalue weighted by Crippen LogP contribution is 2.27. The number of anilines is 2. The van der Waals surface area contributed by atoms with Crippen molar-refractivity contribution >= 4 is 72.1 Å². The number of nitrogens with zero attached hydrogens (tertiary/aromatic N) is 1. The van der Waals surface area contributed by atoms with E-state index in [4.69, 9.17) is 34.8 Å². The minimum absolute atomic E-state index is 0.00714. The maximum absolute atomic E-state index is 13.0. The van der Waals surface area contributed by atoms with Gasteiger partial charge in [0.15, 0.2) is 0 Å². The topological polar surface area (TPSA) is 113 Å². The quantitative estimate of drug-likeness (QED) is 0.341. The number of carbonyl (C=O) groups is 1. The normalized spacial score (nSPS) is 16.7. The van der Waals surface area contributed by atoms with E-state index in [1.54, 1.807) is 30.3 Å². The number of sulfonamides is 2. The second kappa shape index (κ2) is 11.8. The van der Waals surface area contributed by atoms with Gasteiger partial charge in [-0.05, 0) is 73.0 Å². The number of hydrogen-bond acceptors (Lipinski definition) is 5. The predicted octanol–water partition coefficient (Wildman–Crippen LogP) is 5.63. The molecule has 0 unspecified atom stereocenters. The van der Waals surface area contributed by atoms with Crippen molar-refractivity contribution < 1.29 is 21.6 Å². The summed E-state index contributed by atoms with van der Waals surface area (Å²) in [5.41, 5.74) is 1.23. The first-order valence-corrected chi connectivity index (χ1v) is 15.8. The molecule has 1 aliphatic heterocycles. The lowest BCUT2D eigenvalue weighted by molar-refractivity contribution is -0.120. The van der Waals surface area contributed by atoms with Gasteiger partial charge in [-0.3, -0.25) is 9.52 Å². The van der Waals surface area contributed by atoms with Gasteiger partial charge in [0.05, 0.1) is 32.3 Å². The Bertz CT molecular complexity index is 1550. The van der Waals surface area contributed by atoms with Gasteiger partial charge in [0.1, 0.15) is 0 Å². The molecule has 1 atom stereocenters. The molecule has 0 aromatic heterocycles. The van der Waals surface area contributed by atoms with Crippen molar-refractivity contribution in [3.8, 4) is 0 Å². The smallest absolute Gasteiger partial charge is 0.261 e. The molecule has 8 nitrogen and oxygen atoms in total. The Morgan fingerprint density at radius 1 is 0.895 bits per heavy atom. The molecular formula is C25H24Cl3N3O5S2. The third-order valence-electron chi connectivity index (χ3n) is 5.99. The van der Waals surface area contributed by atoms with Crippen LogP contribution in [0.1, 0.15) is 18.4 Å². The van der Waals surface area contributed by atoms with Gasteiger partial charge in [-0.15, -0.1) is 0 Å². The fourth-order valence-electron chi connectivity index (χ4n) is 4.07. The molecule has 1 heterocycles. The van der Waals surface area contributed by atoms with Crippen LogP contribution in [0.4, 0.5) is 11.4 Å². The highest BCUT2D eigenvalue weighted by atomic mass is 35.5. The lowest BCUT2D eigenvalue weighted by atomic mass is 9.99. The summed E-state index contributed by atoms with van der Waals surface area (Å²) >= 11 is 17.8. The lowest BCUT2D eigenvalue weighted by Crippen LogP contribution is -2.44. The fraction of sp³-hybridized carbons (Fsp3) is 0.240. The highest BCUT2D eigenvalue weighted by Gasteiger charge is 2.32. The fourth-order valence-corrected chi connectivity index (χ4v) is 7.23. The molecule has 3 aromatic carbocycles. The van der Waals surface area contributed by atoms with E-state index >= 15 is 0 Å². The first-order valence-electron chi connectivity index (χ1n) is 11.5. The maximum Gasteiger partial charge on any atom is 0.261 e. The number of piperidine rings is 1. The molecule has 38 heavy (non-hydrogen) atoms. The van der Waals surface area contributed by atoms with E-state index < -0.39 is 26.0 Å². The summed E-state index contributed by atoms with van der Waals surface area (Å²) in [5, 5.41) is 3.76. The minimum atomic E-state index is -3.86. The number of hydrogen-bond donors (Lipinski definition) is 2. The molecular weight excluding hydrogens is 593 g/mol. The van der Waals surface area contributed by atoms with Crippen LogP contribution in [0.5, 0.6) is 0 Å². The van der Waals surface area contributed by atoms with Crippen molar-refractivity contribution in [1.82, 2.24) is 4.31 Å². The molecule has 13 heteroatoms. The molecule has 0 bridgehead atoms. The number of rotatable bonds is 8. The molecule has 1 fully saturated rings. The second-order valence-electron chi connectivity index (χ2n) is 8.83. The zero-order valence-corrected chi connectivity index (χ0v) is 23.8. The van der Waals surface area contributed by atoms with E-state index in [1.165, 1.54) is 40.7 Å². The maximum atomic E-state index is 13.0. The first kappa shape index (κ1) is 28.7. The molecule has 1 aliphatic rings. The van der Waals surface area contributed by atoms with E-state index in [9.17, 15) is 21.6 Å². The van der Waals surface area contributed by atoms with Crippen molar-refractivity contribution in [2.75, 3.05) is 23.1 Å². The van der Waals surface area contributed by atoms with Crippen LogP contribution < -0.4 is 10.0 Å². The number of nitrogens with one attached hydrogen (secondary N) is 2. The monoisotopic (exact) mass is 615 g/mol. The number of halogens is 3. The Hall–Kier alpha value is -2.34. The van der Waals surface area contributed by atoms with Gasteiger partial charge in [-0.25, -0.2) is 21.1 Å². The Morgan fingerprint density at radius 2 is 1.63 bits per heavy atom. The molecule has 202 valence electrons. The molecule has 0 saturated carbocycles. The van der Waals surface area contributed by atoms with Crippen LogP contribution in [0.15, 0.2) is 71.6 Å². The molecule has 3 aromatic rings. The van der Waals surface area contributed by atoms with E-state index in [2.05, 4.69) is 10.0 Å². The van der Waals surface area contributed by atoms with Gasteiger partial charge >= 0.3 is 0 Å². The zero-order valence-electron chi connectivity index (χ0n) is 19.9. The molecule has 0 aliphatic carbocycles. The third kappa shape index (κ3) is 7.19. The molecule has 1 amide bonds. The Labute approximate surface area is 237 Å². The molecule has 0 spiro atoms. The van der Waals surface area contributed by atoms with Crippen LogP contribution >= 0.6 is 34.8 Å². The average molecular weight is 617 g/mol. The largest absolute Gasteiger partial charge is 0.326 e. The number of amides is 1. The van der Waals surface area contributed by atoms with Crippen LogP contribution in [-0.4, -0.2) is 40.1 Å². The van der Waals surface area contributed by atoms with Crippen molar-refractivity contribution in [1.29, 1.82) is 0 Å². The van der Waals surface area contributed by atoms with Crippen molar-refractivity contribution in [3.05, 3.63) is 87.4 Å². The number of benzene rings is 3. The van der Waals surface area contributed by atoms with Crippen molar-refractivity contribution in [3.63, 3.8) is 0 Å². The summed E-state index contributed by atoms with van der Waals surface area (Å²) in [6.07, 6.45) is 1.06. The van der Waals surface area contributed by atoms with Gasteiger partial charge in [-0.1, -0.05) is 46.9 Å². The first-order chi connectivity index (χ1) is 17.9. The summed E-state index contributed by atoms with van der Waals surface area (Å²) in [7, 11) is -7.55. The Kier molecular flexibility index (Phi) is 8.91. The van der Waals surface area contributed by atoms with E-state index in [0.29, 0.717) is 46.4 Å². The molecule has 2 N–H and O–H groups in total. The molecule has 1 saturated heterocycles. The highest BCUT2D eigenvalue weighted by molar-refractivity contribution is 7.92. The number of carbonyl (C=O) groups excluding carboxylic acids is 1. The summed E-state index contributed by atoms with van der Waals surface area (Å²) in [5.74, 6) is -1.15. The zero-order chi connectivity index (χ0) is 27.5. The van der Waals surface area contributed by atoms with Crippen LogP contribution in [0.3, 0.4) is 0 Å². The van der Waals surface area contributed by atoms with Crippen LogP contribution in [0.2, 0.25) is 15.1 Å². The summed E-state index contributed by atoms with van der Waals surface area (Å²) < 4.78 is 55.1. The van der Waals surface area contributed by atoms with Crippen molar-refractivity contribution in [2.24, 2.45) is 5.92 Å². The Balaban J connectivity index is 1.38. The van der Waals surface area contributed by atoms with Gasteiger partial charge in [-0.2, -0.15) is 0 Å². The minimum Gasteiger partial charge on any atom is -0.326 e. The van der Waals surface area contributed by atoms with E-state index in [1.807, 2.05) is 0 Å². The van der Waals surface area contributed by atoms with Gasteiger partial charge in [0.25, 0.3) is 10.0 Å². The van der Waals surface area contributed by atoms with Crippen LogP contribution in [-0.2, 0) is 30.6 Å². The van der Waals surface area contributed by atoms with Gasteiger partial charge < -0.3 is 5.32 Å². The lowest BCUT2D eigenvalue weighted by Gasteiger charge is -2.31. The van der Waals surface area contributed by atoms with Crippen LogP contribution in [0.25, 0.3) is 0 Å². The molecule has 0 radical (unpaired) electrons. The van der Waals surface area contributed by atoms with Crippen molar-refractivity contribution in [2.45, 2.75) is 23.5 Å².